The van der Waals surface area contributed by atoms with Crippen LogP contribution in [0.4, 0.5) is 5.69 Å². The Morgan fingerprint density at radius 2 is 1.84 bits per heavy atom. The van der Waals surface area contributed by atoms with Gasteiger partial charge in [0.25, 0.3) is 0 Å². The molecule has 0 fully saturated rings. The molecule has 1 aromatic carbocycles. The third kappa shape index (κ3) is 5.05. The van der Waals surface area contributed by atoms with E-state index in [1.54, 1.807) is 6.20 Å². The minimum Gasteiger partial charge on any atom is -0.384 e. The first-order chi connectivity index (χ1) is 11.5. The first kappa shape index (κ1) is 19.5. The topological polar surface area (TPSA) is 98.1 Å². The number of nitrogens with zero attached hydrogens (tertiary/aromatic N) is 2. The van der Waals surface area contributed by atoms with Crippen molar-refractivity contribution in [3.63, 3.8) is 0 Å². The van der Waals surface area contributed by atoms with Gasteiger partial charge in [0, 0.05) is 38.0 Å². The SMILES string of the molecule is Cc1nccn1C[C@H](C)CNc1ccc(S(C)(=O)=O)cc1S(C)(=O)=O. The van der Waals surface area contributed by atoms with Crippen molar-refractivity contribution in [2.45, 2.75) is 30.2 Å². The molecule has 1 aromatic heterocycles. The summed E-state index contributed by atoms with van der Waals surface area (Å²) in [6.07, 6.45) is 5.75. The predicted octanol–water partition coefficient (Wildman–Crippen LogP) is 1.75. The van der Waals surface area contributed by atoms with E-state index in [0.717, 1.165) is 24.9 Å². The van der Waals surface area contributed by atoms with Crippen molar-refractivity contribution in [2.24, 2.45) is 5.92 Å². The molecule has 0 unspecified atom stereocenters. The number of hydrogen-bond donors (Lipinski definition) is 1. The second kappa shape index (κ2) is 7.17. The van der Waals surface area contributed by atoms with Crippen LogP contribution in [0.2, 0.25) is 0 Å². The molecule has 2 aromatic rings. The van der Waals surface area contributed by atoms with Crippen molar-refractivity contribution >= 4 is 25.4 Å². The van der Waals surface area contributed by atoms with Gasteiger partial charge in [-0.25, -0.2) is 21.8 Å². The van der Waals surface area contributed by atoms with Gasteiger partial charge in [-0.2, -0.15) is 0 Å². The summed E-state index contributed by atoms with van der Waals surface area (Å²) in [5, 5.41) is 3.12. The van der Waals surface area contributed by atoms with Crippen molar-refractivity contribution in [1.82, 2.24) is 9.55 Å². The zero-order valence-corrected chi connectivity index (χ0v) is 16.4. The summed E-state index contributed by atoms with van der Waals surface area (Å²) in [6, 6.07) is 4.12. The average molecular weight is 386 g/mol. The van der Waals surface area contributed by atoms with Gasteiger partial charge >= 0.3 is 0 Å². The van der Waals surface area contributed by atoms with E-state index in [9.17, 15) is 16.8 Å². The molecule has 138 valence electrons. The van der Waals surface area contributed by atoms with Crippen LogP contribution in [0.1, 0.15) is 12.7 Å². The van der Waals surface area contributed by atoms with Crippen LogP contribution in [0.15, 0.2) is 40.4 Å². The number of aryl methyl sites for hydroxylation is 1. The van der Waals surface area contributed by atoms with E-state index < -0.39 is 19.7 Å². The Kier molecular flexibility index (Phi) is 5.58. The predicted molar refractivity (Wildman–Crippen MR) is 97.3 cm³/mol. The molecule has 9 heteroatoms. The van der Waals surface area contributed by atoms with E-state index in [4.69, 9.17) is 0 Å². The number of anilines is 1. The van der Waals surface area contributed by atoms with Crippen molar-refractivity contribution in [1.29, 1.82) is 0 Å². The van der Waals surface area contributed by atoms with Gasteiger partial charge in [0.05, 0.1) is 15.5 Å². The lowest BCUT2D eigenvalue weighted by molar-refractivity contribution is 0.495. The van der Waals surface area contributed by atoms with E-state index in [-0.39, 0.29) is 15.7 Å². The maximum atomic E-state index is 12.0. The van der Waals surface area contributed by atoms with Crippen molar-refractivity contribution in [2.75, 3.05) is 24.4 Å². The molecule has 0 aliphatic heterocycles. The molecule has 25 heavy (non-hydrogen) atoms. The largest absolute Gasteiger partial charge is 0.384 e. The first-order valence-electron chi connectivity index (χ1n) is 7.74. The molecule has 0 saturated heterocycles. The van der Waals surface area contributed by atoms with E-state index in [1.165, 1.54) is 18.2 Å². The Hall–Kier alpha value is -1.87. The van der Waals surface area contributed by atoms with E-state index >= 15 is 0 Å². The molecule has 0 saturated carbocycles. The van der Waals surface area contributed by atoms with Gasteiger partial charge < -0.3 is 9.88 Å². The Labute approximate surface area is 148 Å². The molecule has 1 N–H and O–H groups in total. The van der Waals surface area contributed by atoms with E-state index in [1.807, 2.05) is 24.6 Å². The van der Waals surface area contributed by atoms with Crippen LogP contribution in [0.5, 0.6) is 0 Å². The minimum absolute atomic E-state index is 0.0126. The molecular weight excluding hydrogens is 362 g/mol. The molecule has 0 aliphatic carbocycles. The third-order valence-corrected chi connectivity index (χ3v) is 6.10. The fourth-order valence-corrected chi connectivity index (χ4v) is 4.07. The van der Waals surface area contributed by atoms with Gasteiger partial charge in [0.2, 0.25) is 0 Å². The minimum atomic E-state index is -3.56. The molecule has 1 atom stereocenters. The molecule has 0 amide bonds. The highest BCUT2D eigenvalue weighted by Gasteiger charge is 2.18. The zero-order chi connectivity index (χ0) is 18.8. The highest BCUT2D eigenvalue weighted by molar-refractivity contribution is 7.91. The van der Waals surface area contributed by atoms with Gasteiger partial charge in [-0.1, -0.05) is 6.92 Å². The Bertz CT molecular complexity index is 963. The lowest BCUT2D eigenvalue weighted by atomic mass is 10.1. The number of nitrogens with one attached hydrogen (secondary N) is 1. The van der Waals surface area contributed by atoms with Crippen molar-refractivity contribution in [3.8, 4) is 0 Å². The highest BCUT2D eigenvalue weighted by atomic mass is 32.2. The first-order valence-corrected chi connectivity index (χ1v) is 11.5. The lowest BCUT2D eigenvalue weighted by Crippen LogP contribution is -2.18. The number of aromatic nitrogens is 2. The fourth-order valence-electron chi connectivity index (χ4n) is 2.47. The van der Waals surface area contributed by atoms with Gasteiger partial charge in [-0.3, -0.25) is 0 Å². The lowest BCUT2D eigenvalue weighted by Gasteiger charge is -2.17. The molecule has 0 bridgehead atoms. The molecular formula is C16H23N3O4S2. The Morgan fingerprint density at radius 1 is 1.16 bits per heavy atom. The zero-order valence-electron chi connectivity index (χ0n) is 14.7. The van der Waals surface area contributed by atoms with Crippen LogP contribution >= 0.6 is 0 Å². The summed E-state index contributed by atoms with van der Waals surface area (Å²) in [6.45, 7) is 5.25. The van der Waals surface area contributed by atoms with Gasteiger partial charge in [0.1, 0.15) is 5.82 Å². The van der Waals surface area contributed by atoms with Crippen LogP contribution in [0.3, 0.4) is 0 Å². The number of sulfone groups is 2. The normalized spacial score (nSPS) is 13.6. The quantitative estimate of drug-likeness (QED) is 0.780. The molecule has 0 aliphatic rings. The summed E-state index contributed by atoms with van der Waals surface area (Å²) in [5.74, 6) is 1.14. The summed E-state index contributed by atoms with van der Waals surface area (Å²) in [5.41, 5.74) is 0.407. The number of benzene rings is 1. The monoisotopic (exact) mass is 385 g/mol. The second-order valence-electron chi connectivity index (χ2n) is 6.32. The van der Waals surface area contributed by atoms with Crippen LogP contribution in [-0.4, -0.2) is 45.4 Å². The second-order valence-corrected chi connectivity index (χ2v) is 10.3. The highest BCUT2D eigenvalue weighted by Crippen LogP contribution is 2.25. The Morgan fingerprint density at radius 3 is 2.36 bits per heavy atom. The maximum Gasteiger partial charge on any atom is 0.177 e. The standard InChI is InChI=1S/C16H23N3O4S2/c1-12(11-19-8-7-17-13(19)2)10-18-15-6-5-14(24(3,20)21)9-16(15)25(4,22)23/h5-9,12,18H,10-11H2,1-4H3/t12-/m1/s1. The van der Waals surface area contributed by atoms with Gasteiger partial charge in [0.15, 0.2) is 19.7 Å². The van der Waals surface area contributed by atoms with Crippen LogP contribution < -0.4 is 5.32 Å². The van der Waals surface area contributed by atoms with Crippen LogP contribution in [0, 0.1) is 12.8 Å². The fraction of sp³-hybridized carbons (Fsp3) is 0.438. The number of imidazole rings is 1. The number of hydrogen-bond acceptors (Lipinski definition) is 6. The van der Waals surface area contributed by atoms with Gasteiger partial charge in [-0.05, 0) is 31.0 Å². The molecule has 7 nitrogen and oxygen atoms in total. The van der Waals surface area contributed by atoms with E-state index in [0.29, 0.717) is 12.2 Å². The Balaban J connectivity index is 2.20. The molecule has 0 spiro atoms. The van der Waals surface area contributed by atoms with Gasteiger partial charge in [-0.15, -0.1) is 0 Å². The van der Waals surface area contributed by atoms with Crippen molar-refractivity contribution < 1.29 is 16.8 Å². The smallest absolute Gasteiger partial charge is 0.177 e. The third-order valence-electron chi connectivity index (χ3n) is 3.85. The van der Waals surface area contributed by atoms with Crippen LogP contribution in [0.25, 0.3) is 0 Å². The molecule has 2 rings (SSSR count). The summed E-state index contributed by atoms with van der Waals surface area (Å²) >= 11 is 0. The molecule has 1 heterocycles. The van der Waals surface area contributed by atoms with E-state index in [2.05, 4.69) is 10.3 Å². The molecule has 0 radical (unpaired) electrons. The summed E-state index contributed by atoms with van der Waals surface area (Å²) < 4.78 is 49.4. The summed E-state index contributed by atoms with van der Waals surface area (Å²) in [7, 11) is -7.04. The summed E-state index contributed by atoms with van der Waals surface area (Å²) in [4.78, 5) is 4.15. The maximum absolute atomic E-state index is 12.0. The van der Waals surface area contributed by atoms with Crippen molar-refractivity contribution in [3.05, 3.63) is 36.4 Å². The number of rotatable bonds is 7. The average Bonchev–Trinajstić information content (AvgIpc) is 2.88. The van der Waals surface area contributed by atoms with Crippen LogP contribution in [-0.2, 0) is 26.2 Å².